The molecule has 1 N–H and O–H groups in total. The van der Waals surface area contributed by atoms with Crippen LogP contribution in [-0.2, 0) is 9.59 Å². The molecule has 0 aliphatic carbocycles. The minimum absolute atomic E-state index is 0.118. The fraction of sp³-hybridized carbons (Fsp3) is 0.150. The zero-order chi connectivity index (χ0) is 19.4. The third kappa shape index (κ3) is 4.09. The van der Waals surface area contributed by atoms with Crippen molar-refractivity contribution in [2.45, 2.75) is 13.3 Å². The molecule has 7 heteroatoms. The average Bonchev–Trinajstić information content (AvgIpc) is 2.65. The number of rotatable bonds is 5. The van der Waals surface area contributed by atoms with Crippen molar-refractivity contribution in [3.05, 3.63) is 64.1 Å². The first kappa shape index (κ1) is 18.8. The predicted molar refractivity (Wildman–Crippen MR) is 105 cm³/mol. The molecule has 6 nitrogen and oxygen atoms in total. The van der Waals surface area contributed by atoms with Crippen molar-refractivity contribution in [1.29, 1.82) is 0 Å². The highest BCUT2D eigenvalue weighted by Gasteiger charge is 2.36. The number of halogens is 1. The number of barbiturate groups is 1. The Morgan fingerprint density at radius 3 is 2.52 bits per heavy atom. The quantitative estimate of drug-likeness (QED) is 0.578. The molecule has 138 valence electrons. The van der Waals surface area contributed by atoms with Crippen molar-refractivity contribution < 1.29 is 19.1 Å². The first-order chi connectivity index (χ1) is 13.0. The van der Waals surface area contributed by atoms with Gasteiger partial charge in [-0.3, -0.25) is 14.9 Å². The van der Waals surface area contributed by atoms with Gasteiger partial charge >= 0.3 is 6.03 Å². The lowest BCUT2D eigenvalue weighted by Gasteiger charge is -2.26. The molecular weight excluding hydrogens is 412 g/mol. The Labute approximate surface area is 164 Å². The molecule has 1 fully saturated rings. The van der Waals surface area contributed by atoms with Gasteiger partial charge in [-0.05, 0) is 58.3 Å². The van der Waals surface area contributed by atoms with Crippen molar-refractivity contribution in [3.63, 3.8) is 0 Å². The molecule has 2 aromatic carbocycles. The molecule has 0 saturated carbocycles. The maximum absolute atomic E-state index is 12.8. The third-order valence-electron chi connectivity index (χ3n) is 3.84. The van der Waals surface area contributed by atoms with Gasteiger partial charge in [0.2, 0.25) is 0 Å². The molecule has 27 heavy (non-hydrogen) atoms. The summed E-state index contributed by atoms with van der Waals surface area (Å²) in [5.74, 6) is -0.712. The van der Waals surface area contributed by atoms with Crippen LogP contribution in [0.4, 0.5) is 10.5 Å². The summed E-state index contributed by atoms with van der Waals surface area (Å²) in [6.07, 6.45) is 2.34. The molecule has 0 atom stereocenters. The van der Waals surface area contributed by atoms with Crippen molar-refractivity contribution in [3.8, 4) is 5.75 Å². The third-order valence-corrected chi connectivity index (χ3v) is 4.46. The van der Waals surface area contributed by atoms with E-state index in [-0.39, 0.29) is 5.57 Å². The largest absolute Gasteiger partial charge is 0.492 e. The monoisotopic (exact) mass is 428 g/mol. The summed E-state index contributed by atoms with van der Waals surface area (Å²) in [6.45, 7) is 2.61. The number of hydrogen-bond acceptors (Lipinski definition) is 4. The number of carbonyl (C=O) groups excluding carboxylic acids is 3. The Hall–Kier alpha value is -2.93. The molecule has 1 aliphatic rings. The SMILES string of the molecule is CCCOc1ccc(/C=C2\C(=O)NC(=O)N(c3ccccc3)C2=O)cc1Br. The lowest BCUT2D eigenvalue weighted by atomic mass is 10.1. The highest BCUT2D eigenvalue weighted by atomic mass is 79.9. The molecule has 2 aromatic rings. The molecule has 0 bridgehead atoms. The lowest BCUT2D eigenvalue weighted by Crippen LogP contribution is -2.54. The number of anilines is 1. The van der Waals surface area contributed by atoms with Gasteiger partial charge in [-0.25, -0.2) is 9.69 Å². The Bertz CT molecular complexity index is 925. The van der Waals surface area contributed by atoms with Crippen LogP contribution in [0, 0.1) is 0 Å². The number of amides is 4. The fourth-order valence-corrected chi connectivity index (χ4v) is 3.08. The summed E-state index contributed by atoms with van der Waals surface area (Å²) in [7, 11) is 0. The van der Waals surface area contributed by atoms with E-state index in [0.29, 0.717) is 28.1 Å². The second kappa shape index (κ2) is 8.18. The highest BCUT2D eigenvalue weighted by Crippen LogP contribution is 2.28. The van der Waals surface area contributed by atoms with Crippen LogP contribution < -0.4 is 15.0 Å². The van der Waals surface area contributed by atoms with Gasteiger partial charge in [0.25, 0.3) is 11.8 Å². The zero-order valence-corrected chi connectivity index (χ0v) is 16.2. The van der Waals surface area contributed by atoms with Crippen LogP contribution in [0.5, 0.6) is 5.75 Å². The van der Waals surface area contributed by atoms with Gasteiger partial charge in [-0.15, -0.1) is 0 Å². The van der Waals surface area contributed by atoms with Gasteiger partial charge in [0.1, 0.15) is 11.3 Å². The van der Waals surface area contributed by atoms with Crippen molar-refractivity contribution >= 4 is 45.5 Å². The normalized spacial score (nSPS) is 15.9. The van der Waals surface area contributed by atoms with E-state index < -0.39 is 17.8 Å². The van der Waals surface area contributed by atoms with E-state index >= 15 is 0 Å². The lowest BCUT2D eigenvalue weighted by molar-refractivity contribution is -0.122. The summed E-state index contributed by atoms with van der Waals surface area (Å²) in [6, 6.07) is 12.9. The summed E-state index contributed by atoms with van der Waals surface area (Å²) in [5, 5.41) is 2.21. The van der Waals surface area contributed by atoms with Crippen LogP contribution >= 0.6 is 15.9 Å². The topological polar surface area (TPSA) is 75.7 Å². The number of ether oxygens (including phenoxy) is 1. The minimum atomic E-state index is -0.766. The maximum atomic E-state index is 12.8. The molecule has 0 unspecified atom stereocenters. The smallest absolute Gasteiger partial charge is 0.335 e. The van der Waals surface area contributed by atoms with Gasteiger partial charge in [0.15, 0.2) is 0 Å². The van der Waals surface area contributed by atoms with Crippen molar-refractivity contribution in [2.75, 3.05) is 11.5 Å². The minimum Gasteiger partial charge on any atom is -0.492 e. The number of carbonyl (C=O) groups is 3. The zero-order valence-electron chi connectivity index (χ0n) is 14.6. The van der Waals surface area contributed by atoms with Gasteiger partial charge < -0.3 is 4.74 Å². The maximum Gasteiger partial charge on any atom is 0.335 e. The van der Waals surface area contributed by atoms with Crippen LogP contribution in [0.25, 0.3) is 6.08 Å². The van der Waals surface area contributed by atoms with Crippen LogP contribution in [0.2, 0.25) is 0 Å². The van der Waals surface area contributed by atoms with E-state index in [1.807, 2.05) is 6.92 Å². The van der Waals surface area contributed by atoms with E-state index in [4.69, 9.17) is 4.74 Å². The summed E-state index contributed by atoms with van der Waals surface area (Å²) in [4.78, 5) is 38.1. The van der Waals surface area contributed by atoms with Crippen LogP contribution in [-0.4, -0.2) is 24.5 Å². The number of nitrogens with zero attached hydrogens (tertiary/aromatic N) is 1. The average molecular weight is 429 g/mol. The van der Waals surface area contributed by atoms with Gasteiger partial charge in [-0.1, -0.05) is 31.2 Å². The molecular formula is C20H17BrN2O4. The van der Waals surface area contributed by atoms with Crippen molar-refractivity contribution in [2.24, 2.45) is 0 Å². The van der Waals surface area contributed by atoms with Crippen LogP contribution in [0.3, 0.4) is 0 Å². The molecule has 0 aromatic heterocycles. The van der Waals surface area contributed by atoms with E-state index in [1.54, 1.807) is 48.5 Å². The summed E-state index contributed by atoms with van der Waals surface area (Å²) in [5.41, 5.74) is 0.905. The fourth-order valence-electron chi connectivity index (χ4n) is 2.57. The molecule has 4 amide bonds. The van der Waals surface area contributed by atoms with Crippen LogP contribution in [0.1, 0.15) is 18.9 Å². The van der Waals surface area contributed by atoms with Crippen molar-refractivity contribution in [1.82, 2.24) is 5.32 Å². The number of para-hydroxylation sites is 1. The van der Waals surface area contributed by atoms with E-state index in [2.05, 4.69) is 21.2 Å². The second-order valence-corrected chi connectivity index (χ2v) is 6.69. The first-order valence-corrected chi connectivity index (χ1v) is 9.19. The molecule has 0 radical (unpaired) electrons. The predicted octanol–water partition coefficient (Wildman–Crippen LogP) is 3.90. The number of hydrogen-bond donors (Lipinski definition) is 1. The molecule has 1 aliphatic heterocycles. The Morgan fingerprint density at radius 1 is 1.11 bits per heavy atom. The number of nitrogens with one attached hydrogen (secondary N) is 1. The first-order valence-electron chi connectivity index (χ1n) is 8.40. The number of urea groups is 1. The van der Waals surface area contributed by atoms with Gasteiger partial charge in [0.05, 0.1) is 16.8 Å². The number of imide groups is 2. The summed E-state index contributed by atoms with van der Waals surface area (Å²) >= 11 is 3.43. The Balaban J connectivity index is 1.92. The van der Waals surface area contributed by atoms with Gasteiger partial charge in [-0.2, -0.15) is 0 Å². The van der Waals surface area contributed by atoms with E-state index in [0.717, 1.165) is 11.3 Å². The molecule has 0 spiro atoms. The number of benzene rings is 2. The standard InChI is InChI=1S/C20H17BrN2O4/c1-2-10-27-17-9-8-13(12-16(17)21)11-15-18(24)22-20(26)23(19(15)25)14-6-4-3-5-7-14/h3-9,11-12H,2,10H2,1H3,(H,22,24,26)/b15-11+. The Morgan fingerprint density at radius 2 is 1.85 bits per heavy atom. The molecule has 1 saturated heterocycles. The molecule has 1 heterocycles. The van der Waals surface area contributed by atoms with E-state index in [9.17, 15) is 14.4 Å². The van der Waals surface area contributed by atoms with Crippen LogP contribution in [0.15, 0.2) is 58.6 Å². The summed E-state index contributed by atoms with van der Waals surface area (Å²) < 4.78 is 6.31. The Kier molecular flexibility index (Phi) is 5.71. The van der Waals surface area contributed by atoms with E-state index in [1.165, 1.54) is 6.08 Å². The molecule has 3 rings (SSSR count). The second-order valence-electron chi connectivity index (χ2n) is 5.83. The highest BCUT2D eigenvalue weighted by molar-refractivity contribution is 9.10. The van der Waals surface area contributed by atoms with Gasteiger partial charge in [0, 0.05) is 0 Å².